The van der Waals surface area contributed by atoms with E-state index in [1.54, 1.807) is 20.8 Å². The average Bonchev–Trinajstić information content (AvgIpc) is 2.67. The highest BCUT2D eigenvalue weighted by molar-refractivity contribution is 5.81. The summed E-state index contributed by atoms with van der Waals surface area (Å²) in [5, 5.41) is 12.6. The van der Waals surface area contributed by atoms with E-state index >= 15 is 0 Å². The van der Waals surface area contributed by atoms with Gasteiger partial charge in [-0.3, -0.25) is 4.90 Å². The van der Waals surface area contributed by atoms with Crippen molar-refractivity contribution in [2.24, 2.45) is 0 Å². The molecule has 20 heavy (non-hydrogen) atoms. The van der Waals surface area contributed by atoms with Crippen molar-refractivity contribution in [3.63, 3.8) is 0 Å². The second-order valence-electron chi connectivity index (χ2n) is 6.72. The van der Waals surface area contributed by atoms with Crippen LogP contribution in [0.25, 0.3) is 0 Å². The molecule has 2 aliphatic rings. The number of aliphatic carboxylic acids is 1. The summed E-state index contributed by atoms with van der Waals surface area (Å²) in [6, 6.07) is -0.761. The summed E-state index contributed by atoms with van der Waals surface area (Å²) in [6.07, 6.45) is 2.33. The van der Waals surface area contributed by atoms with Crippen LogP contribution in [0.5, 0.6) is 0 Å². The van der Waals surface area contributed by atoms with Crippen molar-refractivity contribution in [1.82, 2.24) is 10.2 Å². The van der Waals surface area contributed by atoms with Crippen molar-refractivity contribution in [2.75, 3.05) is 13.1 Å². The Kier molecular flexibility index (Phi) is 3.95. The van der Waals surface area contributed by atoms with Crippen LogP contribution in [-0.2, 0) is 9.53 Å². The van der Waals surface area contributed by atoms with E-state index in [-0.39, 0.29) is 5.54 Å². The maximum absolute atomic E-state index is 12.5. The lowest BCUT2D eigenvalue weighted by atomic mass is 9.86. The first-order valence-electron chi connectivity index (χ1n) is 7.21. The number of ether oxygens (including phenoxy) is 1. The quantitative estimate of drug-likeness (QED) is 0.764. The molecule has 1 unspecified atom stereocenters. The molecule has 0 aromatic rings. The molecule has 6 nitrogen and oxygen atoms in total. The molecule has 1 amide bonds. The Morgan fingerprint density at radius 2 is 1.85 bits per heavy atom. The number of carbonyl (C=O) groups excluding carboxylic acids is 1. The van der Waals surface area contributed by atoms with Gasteiger partial charge in [0.15, 0.2) is 0 Å². The molecule has 1 atom stereocenters. The van der Waals surface area contributed by atoms with Crippen LogP contribution in [0.3, 0.4) is 0 Å². The summed E-state index contributed by atoms with van der Waals surface area (Å²) in [4.78, 5) is 25.4. The summed E-state index contributed by atoms with van der Waals surface area (Å²) >= 11 is 0. The highest BCUT2D eigenvalue weighted by Crippen LogP contribution is 2.41. The second kappa shape index (κ2) is 5.24. The van der Waals surface area contributed by atoms with Crippen LogP contribution < -0.4 is 5.32 Å². The lowest BCUT2D eigenvalue weighted by Gasteiger charge is -2.43. The zero-order chi connectivity index (χ0) is 15.0. The van der Waals surface area contributed by atoms with Crippen molar-refractivity contribution in [3.05, 3.63) is 0 Å². The van der Waals surface area contributed by atoms with E-state index in [2.05, 4.69) is 5.32 Å². The van der Waals surface area contributed by atoms with Gasteiger partial charge in [0.05, 0.1) is 0 Å². The molecule has 0 aromatic carbocycles. The molecule has 0 aromatic heterocycles. The van der Waals surface area contributed by atoms with Crippen LogP contribution in [0, 0.1) is 0 Å². The highest BCUT2D eigenvalue weighted by atomic mass is 16.6. The molecule has 2 heterocycles. The molecular weight excluding hydrogens is 260 g/mol. The molecule has 114 valence electrons. The van der Waals surface area contributed by atoms with E-state index in [4.69, 9.17) is 4.74 Å². The summed E-state index contributed by atoms with van der Waals surface area (Å²) < 4.78 is 5.43. The minimum atomic E-state index is -0.939. The van der Waals surface area contributed by atoms with Crippen LogP contribution in [0.2, 0.25) is 0 Å². The standard InChI is InChI=1S/C14H24N2O4/c1-13(2,3)20-12(19)16-10(11(17)18)4-5-14(16)6-8-15-9-7-14/h10,15H,4-9H2,1-3H3,(H,17,18). The summed E-state index contributed by atoms with van der Waals surface area (Å²) in [5.41, 5.74) is -0.965. The van der Waals surface area contributed by atoms with Gasteiger partial charge in [0, 0.05) is 5.54 Å². The van der Waals surface area contributed by atoms with Gasteiger partial charge < -0.3 is 15.2 Å². The lowest BCUT2D eigenvalue weighted by molar-refractivity contribution is -0.143. The fourth-order valence-electron chi connectivity index (χ4n) is 3.23. The van der Waals surface area contributed by atoms with Crippen LogP contribution in [0.4, 0.5) is 4.79 Å². The monoisotopic (exact) mass is 284 g/mol. The Hall–Kier alpha value is -1.30. The zero-order valence-electron chi connectivity index (χ0n) is 12.4. The van der Waals surface area contributed by atoms with Gasteiger partial charge >= 0.3 is 12.1 Å². The van der Waals surface area contributed by atoms with Crippen molar-refractivity contribution in [1.29, 1.82) is 0 Å². The number of piperidine rings is 1. The van der Waals surface area contributed by atoms with Crippen LogP contribution in [-0.4, -0.2) is 52.3 Å². The van der Waals surface area contributed by atoms with Crippen LogP contribution in [0.1, 0.15) is 46.5 Å². The summed E-state index contributed by atoms with van der Waals surface area (Å²) in [6.45, 7) is 7.01. The Labute approximate surface area is 119 Å². The van der Waals surface area contributed by atoms with Gasteiger partial charge in [0.1, 0.15) is 11.6 Å². The number of likely N-dealkylation sites (tertiary alicyclic amines) is 1. The second-order valence-corrected chi connectivity index (χ2v) is 6.72. The Morgan fingerprint density at radius 1 is 1.25 bits per heavy atom. The first kappa shape index (κ1) is 15.1. The number of carboxylic acids is 1. The van der Waals surface area contributed by atoms with Gasteiger partial charge in [0.2, 0.25) is 0 Å². The first-order chi connectivity index (χ1) is 9.25. The van der Waals surface area contributed by atoms with Gasteiger partial charge in [-0.15, -0.1) is 0 Å². The SMILES string of the molecule is CC(C)(C)OC(=O)N1C(C(=O)O)CCC12CCNCC2. The normalized spacial score (nSPS) is 25.8. The third-order valence-corrected chi connectivity index (χ3v) is 4.12. The smallest absolute Gasteiger partial charge is 0.411 e. The van der Waals surface area contributed by atoms with Crippen molar-refractivity contribution >= 4 is 12.1 Å². The van der Waals surface area contributed by atoms with Crippen molar-refractivity contribution < 1.29 is 19.4 Å². The average molecular weight is 284 g/mol. The molecule has 2 fully saturated rings. The number of nitrogens with one attached hydrogen (secondary N) is 1. The van der Waals surface area contributed by atoms with Gasteiger partial charge in [-0.25, -0.2) is 9.59 Å². The zero-order valence-corrected chi connectivity index (χ0v) is 12.4. The molecule has 2 aliphatic heterocycles. The topological polar surface area (TPSA) is 78.9 Å². The fourth-order valence-corrected chi connectivity index (χ4v) is 3.23. The molecule has 0 aliphatic carbocycles. The van der Waals surface area contributed by atoms with E-state index < -0.39 is 23.7 Å². The fraction of sp³-hybridized carbons (Fsp3) is 0.857. The van der Waals surface area contributed by atoms with E-state index in [1.807, 2.05) is 0 Å². The predicted octanol–water partition coefficient (Wildman–Crippen LogP) is 1.59. The molecule has 1 spiro atoms. The van der Waals surface area contributed by atoms with Gasteiger partial charge in [-0.2, -0.15) is 0 Å². The third kappa shape index (κ3) is 2.90. The predicted molar refractivity (Wildman–Crippen MR) is 73.6 cm³/mol. The van der Waals surface area contributed by atoms with Crippen molar-refractivity contribution in [2.45, 2.75) is 63.6 Å². The number of hydrogen-bond donors (Lipinski definition) is 2. The number of rotatable bonds is 1. The van der Waals surface area contributed by atoms with Gasteiger partial charge in [-0.1, -0.05) is 0 Å². The van der Waals surface area contributed by atoms with Crippen LogP contribution in [0.15, 0.2) is 0 Å². The summed E-state index contributed by atoms with van der Waals surface area (Å²) in [7, 11) is 0. The van der Waals surface area contributed by atoms with E-state index in [0.29, 0.717) is 6.42 Å². The van der Waals surface area contributed by atoms with Gasteiger partial charge in [0.25, 0.3) is 0 Å². The lowest BCUT2D eigenvalue weighted by Crippen LogP contribution is -2.57. The Bertz CT molecular complexity index is 396. The van der Waals surface area contributed by atoms with Crippen molar-refractivity contribution in [3.8, 4) is 0 Å². The largest absolute Gasteiger partial charge is 0.480 e. The van der Waals surface area contributed by atoms with E-state index in [9.17, 15) is 14.7 Å². The maximum atomic E-state index is 12.5. The molecule has 6 heteroatoms. The first-order valence-corrected chi connectivity index (χ1v) is 7.21. The van der Waals surface area contributed by atoms with Gasteiger partial charge in [-0.05, 0) is 59.5 Å². The minimum absolute atomic E-state index is 0.351. The van der Waals surface area contributed by atoms with E-state index in [1.165, 1.54) is 4.90 Å². The number of nitrogens with zero attached hydrogens (tertiary/aromatic N) is 1. The molecule has 0 bridgehead atoms. The molecule has 0 saturated carbocycles. The molecule has 2 N–H and O–H groups in total. The highest BCUT2D eigenvalue weighted by Gasteiger charge is 2.52. The third-order valence-electron chi connectivity index (χ3n) is 4.12. The number of carboxylic acid groups (broad SMARTS) is 1. The maximum Gasteiger partial charge on any atom is 0.411 e. The summed E-state index contributed by atoms with van der Waals surface area (Å²) in [5.74, 6) is -0.939. The number of amides is 1. The molecular formula is C14H24N2O4. The Morgan fingerprint density at radius 3 is 2.35 bits per heavy atom. The number of hydrogen-bond acceptors (Lipinski definition) is 4. The van der Waals surface area contributed by atoms with Crippen LogP contribution >= 0.6 is 0 Å². The molecule has 0 radical (unpaired) electrons. The minimum Gasteiger partial charge on any atom is -0.480 e. The molecule has 2 saturated heterocycles. The number of carbonyl (C=O) groups is 2. The van der Waals surface area contributed by atoms with E-state index in [0.717, 1.165) is 32.4 Å². The Balaban J connectivity index is 2.25. The molecule has 2 rings (SSSR count).